The van der Waals surface area contributed by atoms with Gasteiger partial charge in [-0.25, -0.2) is 9.97 Å². The van der Waals surface area contributed by atoms with Crippen LogP contribution in [0.3, 0.4) is 0 Å². The third-order valence-corrected chi connectivity index (χ3v) is 9.07. The van der Waals surface area contributed by atoms with Crippen LogP contribution in [-0.4, -0.2) is 116 Å². The summed E-state index contributed by atoms with van der Waals surface area (Å²) in [6.07, 6.45) is 4.04. The van der Waals surface area contributed by atoms with E-state index in [9.17, 15) is 19.2 Å². The Morgan fingerprint density at radius 2 is 1.63 bits per heavy atom. The molecule has 0 bridgehead atoms. The number of likely N-dealkylation sites (tertiary alicyclic amines) is 1. The molecule has 3 rings (SSSR count). The number of nitrogens with zero attached hydrogens (tertiary/aromatic N) is 4. The van der Waals surface area contributed by atoms with Gasteiger partial charge in [0.25, 0.3) is 0 Å². The van der Waals surface area contributed by atoms with Crippen LogP contribution < -0.4 is 10.6 Å². The molecule has 0 aliphatic carbocycles. The number of aromatic nitrogens is 2. The second kappa shape index (κ2) is 25.0. The summed E-state index contributed by atoms with van der Waals surface area (Å²) in [5, 5.41) is 5.55. The van der Waals surface area contributed by atoms with Gasteiger partial charge in [-0.2, -0.15) is 0 Å². The summed E-state index contributed by atoms with van der Waals surface area (Å²) in [5.41, 5.74) is 2.11. The largest absolute Gasteiger partial charge is 0.468 e. The van der Waals surface area contributed by atoms with Gasteiger partial charge in [0.1, 0.15) is 6.54 Å². The molecule has 6 unspecified atom stereocenters. The lowest BCUT2D eigenvalue weighted by Crippen LogP contribution is -2.54. The second-order valence-electron chi connectivity index (χ2n) is 13.2. The number of aryl methyl sites for hydroxylation is 2. The number of likely N-dealkylation sites (N-methyl/N-ethyl adjacent to an activating group) is 1. The molecule has 2 aromatic rings. The summed E-state index contributed by atoms with van der Waals surface area (Å²) in [7, 11) is 6.05. The van der Waals surface area contributed by atoms with Gasteiger partial charge in [-0.3, -0.25) is 19.2 Å². The van der Waals surface area contributed by atoms with Crippen LogP contribution in [0.5, 0.6) is 0 Å². The smallest absolute Gasteiger partial charge is 0.325 e. The Hall–Kier alpha value is -4.10. The van der Waals surface area contributed by atoms with Crippen LogP contribution in [0, 0.1) is 25.7 Å². The Morgan fingerprint density at radius 3 is 2.15 bits per heavy atom. The first kappa shape index (κ1) is 45.9. The van der Waals surface area contributed by atoms with E-state index >= 15 is 0 Å². The van der Waals surface area contributed by atoms with Gasteiger partial charge in [0, 0.05) is 39.7 Å². The number of esters is 1. The minimum absolute atomic E-state index is 0.00306. The van der Waals surface area contributed by atoms with Crippen molar-refractivity contribution >= 4 is 29.6 Å². The zero-order valence-electron chi connectivity index (χ0n) is 33.3. The van der Waals surface area contributed by atoms with Crippen LogP contribution in [0.4, 0.5) is 5.95 Å². The summed E-state index contributed by atoms with van der Waals surface area (Å²) in [6.45, 7) is 14.3. The highest BCUT2D eigenvalue weighted by Gasteiger charge is 2.42. The minimum Gasteiger partial charge on any atom is -0.468 e. The van der Waals surface area contributed by atoms with Crippen LogP contribution in [-0.2, 0) is 33.4 Å². The fraction of sp³-hybridized carbons (Fsp3) is 0.641. The van der Waals surface area contributed by atoms with Crippen LogP contribution in [0.15, 0.2) is 42.6 Å². The van der Waals surface area contributed by atoms with Gasteiger partial charge in [0.15, 0.2) is 0 Å². The molecule has 13 nitrogen and oxygen atoms in total. The van der Waals surface area contributed by atoms with Crippen molar-refractivity contribution in [2.45, 2.75) is 105 Å². The molecule has 0 saturated carbocycles. The molecule has 6 atom stereocenters. The third kappa shape index (κ3) is 15.2. The van der Waals surface area contributed by atoms with Gasteiger partial charge in [-0.1, -0.05) is 83.4 Å². The number of ether oxygens (including phenoxy) is 3. The predicted octanol–water partition coefficient (Wildman–Crippen LogP) is 4.82. The molecule has 1 aliphatic rings. The van der Waals surface area contributed by atoms with Gasteiger partial charge in [0.05, 0.1) is 50.3 Å². The number of hydrogen-bond donors (Lipinski definition) is 2. The van der Waals surface area contributed by atoms with Gasteiger partial charge in [-0.15, -0.1) is 0 Å². The van der Waals surface area contributed by atoms with Crippen LogP contribution in [0.25, 0.3) is 0 Å². The molecule has 1 aliphatic heterocycles. The number of rotatable bonds is 16. The standard InChI is InChI=1S/C29H48N6O7.C7H8.C3H8/c1-9-18(2)26(34(5)24(37)16-32-29-30-13-12-19(3)33-29)22(40-6)15-23(36)35-14-10-11-21(35)27(42-8)20(4)28(39)31-17-25(38)41-7;1-7-5-3-2-4-6-7;1-3-2/h12-13,18,20-22,26-27H,9-11,14-17H2,1-8H3,(H,31,39)(H,30,32,33);2-6H,1H3;3H2,1-2H3. The third-order valence-electron chi connectivity index (χ3n) is 9.07. The Morgan fingerprint density at radius 1 is 0.981 bits per heavy atom. The number of nitrogens with one attached hydrogen (secondary N) is 2. The van der Waals surface area contributed by atoms with Crippen molar-refractivity contribution in [1.82, 2.24) is 25.1 Å². The lowest BCUT2D eigenvalue weighted by atomic mass is 9.90. The molecule has 1 fully saturated rings. The maximum atomic E-state index is 13.7. The molecule has 292 valence electrons. The van der Waals surface area contributed by atoms with Crippen LogP contribution in [0.2, 0.25) is 0 Å². The molecule has 52 heavy (non-hydrogen) atoms. The maximum Gasteiger partial charge on any atom is 0.325 e. The molecule has 0 spiro atoms. The highest BCUT2D eigenvalue weighted by atomic mass is 16.5. The molecule has 0 radical (unpaired) electrons. The van der Waals surface area contributed by atoms with E-state index < -0.39 is 24.1 Å². The number of methoxy groups -OCH3 is 3. The molecule has 3 amide bonds. The summed E-state index contributed by atoms with van der Waals surface area (Å²) in [5.74, 6) is -1.41. The summed E-state index contributed by atoms with van der Waals surface area (Å²) in [6, 6.07) is 11.4. The quantitative estimate of drug-likeness (QED) is 0.230. The number of amides is 3. The van der Waals surface area contributed by atoms with Gasteiger partial charge in [-0.05, 0) is 38.7 Å². The van der Waals surface area contributed by atoms with E-state index in [-0.39, 0.29) is 55.2 Å². The lowest BCUT2D eigenvalue weighted by molar-refractivity contribution is -0.146. The van der Waals surface area contributed by atoms with Crippen molar-refractivity contribution < 1.29 is 33.4 Å². The fourth-order valence-electron chi connectivity index (χ4n) is 6.07. The van der Waals surface area contributed by atoms with Gasteiger partial charge < -0.3 is 34.6 Å². The number of benzene rings is 1. The maximum absolute atomic E-state index is 13.7. The van der Waals surface area contributed by atoms with E-state index in [1.807, 2.05) is 39.0 Å². The van der Waals surface area contributed by atoms with Crippen molar-refractivity contribution in [3.8, 4) is 0 Å². The molecule has 1 saturated heterocycles. The number of hydrogen-bond acceptors (Lipinski definition) is 10. The molecular formula is C39H64N6O7. The van der Waals surface area contributed by atoms with E-state index in [1.54, 1.807) is 43.1 Å². The zero-order valence-corrected chi connectivity index (χ0v) is 33.3. The molecule has 2 N–H and O–H groups in total. The number of anilines is 1. The first-order valence-electron chi connectivity index (χ1n) is 18.3. The van der Waals surface area contributed by atoms with Crippen LogP contribution >= 0.6 is 0 Å². The summed E-state index contributed by atoms with van der Waals surface area (Å²) >= 11 is 0. The molecule has 1 aromatic heterocycles. The summed E-state index contributed by atoms with van der Waals surface area (Å²) in [4.78, 5) is 63.0. The monoisotopic (exact) mass is 728 g/mol. The summed E-state index contributed by atoms with van der Waals surface area (Å²) < 4.78 is 16.2. The Kier molecular flexibility index (Phi) is 22.1. The highest BCUT2D eigenvalue weighted by Crippen LogP contribution is 2.29. The molecule has 13 heteroatoms. The Labute approximate surface area is 311 Å². The Balaban J connectivity index is 0.00000117. The van der Waals surface area contributed by atoms with E-state index in [2.05, 4.69) is 58.2 Å². The number of carbonyl (C=O) groups excluding carboxylic acids is 4. The zero-order chi connectivity index (χ0) is 39.2. The predicted molar refractivity (Wildman–Crippen MR) is 204 cm³/mol. The Bertz CT molecular complexity index is 1350. The van der Waals surface area contributed by atoms with Crippen molar-refractivity contribution in [1.29, 1.82) is 0 Å². The number of carbonyl (C=O) groups is 4. The molecular weight excluding hydrogens is 664 g/mol. The SMILES string of the molecule is CCC.CCC(C)C(C(CC(=O)N1CCCC1C(OC)C(C)C(=O)NCC(=O)OC)OC)N(C)C(=O)CNc1nccc(C)n1.Cc1ccccc1. The normalized spacial score (nSPS) is 16.4. The lowest BCUT2D eigenvalue weighted by Gasteiger charge is -2.39. The van der Waals surface area contributed by atoms with Crippen molar-refractivity contribution in [3.63, 3.8) is 0 Å². The van der Waals surface area contributed by atoms with E-state index in [0.29, 0.717) is 18.9 Å². The van der Waals surface area contributed by atoms with Crippen LogP contribution in [0.1, 0.15) is 78.0 Å². The van der Waals surface area contributed by atoms with E-state index in [1.165, 1.54) is 26.2 Å². The first-order valence-corrected chi connectivity index (χ1v) is 18.3. The average Bonchev–Trinajstić information content (AvgIpc) is 3.63. The van der Waals surface area contributed by atoms with E-state index in [0.717, 1.165) is 18.5 Å². The minimum atomic E-state index is -0.613. The van der Waals surface area contributed by atoms with E-state index in [4.69, 9.17) is 9.47 Å². The van der Waals surface area contributed by atoms with Crippen molar-refractivity contribution in [3.05, 3.63) is 53.9 Å². The molecule has 1 aromatic carbocycles. The van der Waals surface area contributed by atoms with Crippen molar-refractivity contribution in [2.24, 2.45) is 11.8 Å². The average molecular weight is 729 g/mol. The topological polar surface area (TPSA) is 152 Å². The molecule has 2 heterocycles. The fourth-order valence-corrected chi connectivity index (χ4v) is 6.07. The van der Waals surface area contributed by atoms with Crippen molar-refractivity contribution in [2.75, 3.05) is 53.3 Å². The highest BCUT2D eigenvalue weighted by molar-refractivity contribution is 5.84. The second-order valence-corrected chi connectivity index (χ2v) is 13.2. The first-order chi connectivity index (χ1) is 24.8. The van der Waals surface area contributed by atoms with Gasteiger partial charge in [0.2, 0.25) is 23.7 Å². The van der Waals surface area contributed by atoms with Gasteiger partial charge >= 0.3 is 5.97 Å².